The van der Waals surface area contributed by atoms with Crippen LogP contribution < -0.4 is 0 Å². The lowest BCUT2D eigenvalue weighted by Gasteiger charge is -2.54. The molecule has 0 saturated heterocycles. The van der Waals surface area contributed by atoms with E-state index >= 15 is 0 Å². The summed E-state index contributed by atoms with van der Waals surface area (Å²) in [5.41, 5.74) is 1.47. The molecule has 114 valence electrons. The van der Waals surface area contributed by atoms with Crippen LogP contribution in [0.4, 0.5) is 0 Å². The van der Waals surface area contributed by atoms with E-state index in [2.05, 4.69) is 54.6 Å². The van der Waals surface area contributed by atoms with Crippen molar-refractivity contribution in [3.05, 3.63) is 60.2 Å². The fraction of sp³-hybridized carbons (Fsp3) is 0.524. The molecular weight excluding hydrogens is 268 g/mol. The lowest BCUT2D eigenvalue weighted by atomic mass is 9.50. The third-order valence-corrected chi connectivity index (χ3v) is 7.09. The Balaban J connectivity index is 1.51. The van der Waals surface area contributed by atoms with Crippen molar-refractivity contribution < 1.29 is 5.11 Å². The van der Waals surface area contributed by atoms with Crippen LogP contribution in [-0.2, 0) is 0 Å². The fourth-order valence-electron chi connectivity index (χ4n) is 6.35. The Hall–Kier alpha value is -1.34. The van der Waals surface area contributed by atoms with E-state index in [4.69, 9.17) is 0 Å². The zero-order valence-corrected chi connectivity index (χ0v) is 12.9. The average Bonchev–Trinajstić information content (AvgIpc) is 2.91. The van der Waals surface area contributed by atoms with Crippen molar-refractivity contribution in [3.8, 4) is 0 Å². The lowest BCUT2D eigenvalue weighted by Crippen LogP contribution is -2.49. The van der Waals surface area contributed by atoms with Crippen molar-refractivity contribution in [2.24, 2.45) is 41.4 Å². The van der Waals surface area contributed by atoms with Gasteiger partial charge in [-0.05, 0) is 59.8 Å². The molecule has 0 aromatic heterocycles. The third-order valence-electron chi connectivity index (χ3n) is 7.09. The summed E-state index contributed by atoms with van der Waals surface area (Å²) in [6.07, 6.45) is 12.4. The Morgan fingerprint density at radius 3 is 2.55 bits per heavy atom. The van der Waals surface area contributed by atoms with E-state index < -0.39 is 0 Å². The molecule has 1 nitrogen and oxygen atoms in total. The van der Waals surface area contributed by atoms with Crippen molar-refractivity contribution in [1.29, 1.82) is 0 Å². The Morgan fingerprint density at radius 1 is 0.909 bits per heavy atom. The third kappa shape index (κ3) is 1.64. The van der Waals surface area contributed by atoms with Crippen LogP contribution in [0.25, 0.3) is 0 Å². The van der Waals surface area contributed by atoms with Crippen molar-refractivity contribution in [3.63, 3.8) is 0 Å². The molecule has 0 aliphatic heterocycles. The first-order chi connectivity index (χ1) is 10.9. The number of rotatable bonds is 3. The Labute approximate surface area is 132 Å². The molecule has 0 amide bonds. The van der Waals surface area contributed by atoms with Crippen LogP contribution in [0.5, 0.6) is 0 Å². The van der Waals surface area contributed by atoms with E-state index in [0.717, 1.165) is 41.9 Å². The number of hydrogen-bond donors (Lipinski definition) is 1. The van der Waals surface area contributed by atoms with Crippen molar-refractivity contribution >= 4 is 0 Å². The maximum absolute atomic E-state index is 9.36. The van der Waals surface area contributed by atoms with Gasteiger partial charge in [0, 0.05) is 12.5 Å². The Morgan fingerprint density at radius 2 is 1.73 bits per heavy atom. The van der Waals surface area contributed by atoms with Gasteiger partial charge >= 0.3 is 0 Å². The van der Waals surface area contributed by atoms with Gasteiger partial charge in [-0.15, -0.1) is 0 Å². The van der Waals surface area contributed by atoms with Crippen LogP contribution in [0.3, 0.4) is 0 Å². The number of aliphatic hydroxyl groups is 1. The highest BCUT2D eigenvalue weighted by molar-refractivity contribution is 5.34. The number of allylic oxidation sites excluding steroid dienone is 4. The van der Waals surface area contributed by atoms with Gasteiger partial charge in [0.2, 0.25) is 0 Å². The van der Waals surface area contributed by atoms with Crippen molar-refractivity contribution in [2.45, 2.75) is 18.8 Å². The van der Waals surface area contributed by atoms with E-state index in [1.54, 1.807) is 0 Å². The van der Waals surface area contributed by atoms with Gasteiger partial charge in [-0.25, -0.2) is 0 Å². The molecule has 0 unspecified atom stereocenters. The molecule has 22 heavy (non-hydrogen) atoms. The average molecular weight is 292 g/mol. The SMILES string of the molecule is OCC[C@H]1[C@@H]2C=C[C@H]3[C@H]4[C@@H]2[C@@H]1C[C@@H]4C=C[C@@H]3c1ccccc1. The molecule has 0 spiro atoms. The minimum Gasteiger partial charge on any atom is -0.396 e. The molecule has 4 aliphatic rings. The molecule has 8 atom stereocenters. The van der Waals surface area contributed by atoms with Crippen LogP contribution >= 0.6 is 0 Å². The molecule has 2 fully saturated rings. The van der Waals surface area contributed by atoms with Crippen LogP contribution in [0.15, 0.2) is 54.6 Å². The molecule has 0 bridgehead atoms. The summed E-state index contributed by atoms with van der Waals surface area (Å²) < 4.78 is 0. The standard InChI is InChI=1S/C21H24O/c22-11-10-16-18-9-8-17-15(13-4-2-1-3-5-13)7-6-14-12-19(16)21(18)20(14)17/h1-9,14-22H,10-12H2/t14-,15+,16-,17+,18-,19+,20-,21-/m0/s1. The topological polar surface area (TPSA) is 20.2 Å². The summed E-state index contributed by atoms with van der Waals surface area (Å²) in [7, 11) is 0. The summed E-state index contributed by atoms with van der Waals surface area (Å²) in [6, 6.07) is 11.0. The zero-order valence-electron chi connectivity index (χ0n) is 12.9. The molecule has 1 aromatic carbocycles. The molecule has 1 heteroatoms. The summed E-state index contributed by atoms with van der Waals surface area (Å²) in [6.45, 7) is 0.361. The Bertz CT molecular complexity index is 616. The normalized spacial score (nSPS) is 47.1. The number of hydrogen-bond acceptors (Lipinski definition) is 1. The first-order valence-electron chi connectivity index (χ1n) is 8.91. The molecule has 2 saturated carbocycles. The highest BCUT2D eigenvalue weighted by Gasteiger charge is 2.61. The van der Waals surface area contributed by atoms with Gasteiger partial charge in [-0.2, -0.15) is 0 Å². The molecule has 0 radical (unpaired) electrons. The second kappa shape index (κ2) is 4.83. The molecule has 1 aromatic rings. The predicted molar refractivity (Wildman–Crippen MR) is 88.2 cm³/mol. The van der Waals surface area contributed by atoms with Gasteiger partial charge in [-0.3, -0.25) is 0 Å². The summed E-state index contributed by atoms with van der Waals surface area (Å²) in [5, 5.41) is 9.36. The van der Waals surface area contributed by atoms with E-state index in [0.29, 0.717) is 18.4 Å². The second-order valence-electron chi connectivity index (χ2n) is 7.76. The van der Waals surface area contributed by atoms with Crippen molar-refractivity contribution in [1.82, 2.24) is 0 Å². The largest absolute Gasteiger partial charge is 0.396 e. The molecular formula is C21H24O. The maximum atomic E-state index is 9.36. The summed E-state index contributed by atoms with van der Waals surface area (Å²) in [5.74, 6) is 6.18. The van der Waals surface area contributed by atoms with Crippen LogP contribution in [0.1, 0.15) is 24.3 Å². The van der Waals surface area contributed by atoms with Gasteiger partial charge in [-0.1, -0.05) is 54.6 Å². The van der Waals surface area contributed by atoms with E-state index in [9.17, 15) is 5.11 Å². The zero-order chi connectivity index (χ0) is 14.7. The minimum absolute atomic E-state index is 0.361. The number of aliphatic hydroxyl groups excluding tert-OH is 1. The second-order valence-corrected chi connectivity index (χ2v) is 7.76. The highest BCUT2D eigenvalue weighted by Crippen LogP contribution is 2.67. The molecule has 4 aliphatic carbocycles. The first-order valence-corrected chi connectivity index (χ1v) is 8.91. The predicted octanol–water partition coefficient (Wildman–Crippen LogP) is 4.02. The molecule has 5 rings (SSSR count). The van der Waals surface area contributed by atoms with Crippen molar-refractivity contribution in [2.75, 3.05) is 6.61 Å². The van der Waals surface area contributed by atoms with E-state index in [-0.39, 0.29) is 0 Å². The van der Waals surface area contributed by atoms with Crippen LogP contribution in [0.2, 0.25) is 0 Å². The van der Waals surface area contributed by atoms with Gasteiger partial charge < -0.3 is 5.11 Å². The lowest BCUT2D eigenvalue weighted by molar-refractivity contribution is -0.0251. The summed E-state index contributed by atoms with van der Waals surface area (Å²) in [4.78, 5) is 0. The smallest absolute Gasteiger partial charge is 0.0433 e. The number of benzene rings is 1. The highest BCUT2D eigenvalue weighted by atomic mass is 16.3. The van der Waals surface area contributed by atoms with Crippen LogP contribution in [-0.4, -0.2) is 11.7 Å². The van der Waals surface area contributed by atoms with E-state index in [1.807, 2.05) is 0 Å². The maximum Gasteiger partial charge on any atom is 0.0433 e. The monoisotopic (exact) mass is 292 g/mol. The minimum atomic E-state index is 0.361. The van der Waals surface area contributed by atoms with Gasteiger partial charge in [0.15, 0.2) is 0 Å². The quantitative estimate of drug-likeness (QED) is 0.834. The molecule has 1 N–H and O–H groups in total. The van der Waals surface area contributed by atoms with Gasteiger partial charge in [0.05, 0.1) is 0 Å². The molecule has 0 heterocycles. The van der Waals surface area contributed by atoms with Gasteiger partial charge in [0.1, 0.15) is 0 Å². The van der Waals surface area contributed by atoms with E-state index in [1.165, 1.54) is 12.0 Å². The first kappa shape index (κ1) is 13.1. The fourth-order valence-corrected chi connectivity index (χ4v) is 6.35. The summed E-state index contributed by atoms with van der Waals surface area (Å²) >= 11 is 0. The Kier molecular flexibility index (Phi) is 2.88. The van der Waals surface area contributed by atoms with Crippen LogP contribution in [0, 0.1) is 41.4 Å². The van der Waals surface area contributed by atoms with Gasteiger partial charge in [0.25, 0.3) is 0 Å².